The van der Waals surface area contributed by atoms with Crippen LogP contribution in [0.4, 0.5) is 0 Å². The second kappa shape index (κ2) is 10.6. The Morgan fingerprint density at radius 3 is 2.37 bits per heavy atom. The third kappa shape index (κ3) is 4.35. The van der Waals surface area contributed by atoms with Crippen molar-refractivity contribution in [3.05, 3.63) is 95.7 Å². The molecule has 194 valence electrons. The number of fused-ring (bicyclic) bond motifs is 4. The zero-order chi connectivity index (χ0) is 25.5. The molecule has 6 aromatic rings. The summed E-state index contributed by atoms with van der Waals surface area (Å²) in [5.41, 5.74) is 5.68. The molecule has 0 unspecified atom stereocenters. The minimum Gasteiger partial charge on any atom is -0.505 e. The Morgan fingerprint density at radius 1 is 0.842 bits per heavy atom. The molecule has 6 heteroatoms. The van der Waals surface area contributed by atoms with Crippen LogP contribution in [-0.4, -0.2) is 19.6 Å². The van der Waals surface area contributed by atoms with E-state index < -0.39 is 0 Å². The van der Waals surface area contributed by atoms with Crippen LogP contribution < -0.4 is 4.74 Å². The monoisotopic (exact) mass is 681 g/mol. The van der Waals surface area contributed by atoms with Gasteiger partial charge in [0, 0.05) is 50.0 Å². The number of aromatic hydroxyl groups is 1. The largest absolute Gasteiger partial charge is 0.505 e. The average molecular weight is 682 g/mol. The van der Waals surface area contributed by atoms with Crippen molar-refractivity contribution in [1.82, 2.24) is 14.5 Å². The van der Waals surface area contributed by atoms with Gasteiger partial charge in [0.15, 0.2) is 0 Å². The molecule has 0 aliphatic rings. The first-order valence-corrected chi connectivity index (χ1v) is 12.8. The number of aromatic nitrogens is 3. The molecule has 0 amide bonds. The number of aryl methyl sites for hydroxylation is 3. The SMILES string of the molecule is CCc1ccc(-n2c3[c-]c(Oc4cc(CC)c5ccc(CC)c(O)c5n4)ccc3c3ccccc32)nc1.[Pt]. The summed E-state index contributed by atoms with van der Waals surface area (Å²) in [4.78, 5) is 9.45. The molecular formula is C32H28N3O2Pt-. The molecule has 0 spiro atoms. The molecule has 0 saturated carbocycles. The van der Waals surface area contributed by atoms with Crippen LogP contribution in [0.5, 0.6) is 17.4 Å². The van der Waals surface area contributed by atoms with E-state index in [2.05, 4.69) is 54.8 Å². The number of pyridine rings is 2. The van der Waals surface area contributed by atoms with Crippen LogP contribution in [-0.2, 0) is 40.3 Å². The molecule has 0 radical (unpaired) electrons. The number of hydrogen-bond donors (Lipinski definition) is 1. The predicted octanol–water partition coefficient (Wildman–Crippen LogP) is 7.71. The number of phenols is 1. The number of nitrogens with zero attached hydrogens (tertiary/aromatic N) is 3. The van der Waals surface area contributed by atoms with Gasteiger partial charge >= 0.3 is 0 Å². The van der Waals surface area contributed by atoms with E-state index in [1.807, 2.05) is 49.5 Å². The predicted molar refractivity (Wildman–Crippen MR) is 149 cm³/mol. The fourth-order valence-electron chi connectivity index (χ4n) is 5.04. The number of para-hydroxylation sites is 1. The van der Waals surface area contributed by atoms with Crippen molar-refractivity contribution in [1.29, 1.82) is 0 Å². The molecule has 3 aromatic carbocycles. The van der Waals surface area contributed by atoms with Gasteiger partial charge in [-0.3, -0.25) is 0 Å². The van der Waals surface area contributed by atoms with Crippen LogP contribution in [0.3, 0.4) is 0 Å². The second-order valence-electron chi connectivity index (χ2n) is 9.21. The van der Waals surface area contributed by atoms with Gasteiger partial charge in [0.1, 0.15) is 17.1 Å². The smallest absolute Gasteiger partial charge is 0.217 e. The van der Waals surface area contributed by atoms with Crippen molar-refractivity contribution in [2.24, 2.45) is 0 Å². The van der Waals surface area contributed by atoms with Gasteiger partial charge in [-0.1, -0.05) is 62.7 Å². The summed E-state index contributed by atoms with van der Waals surface area (Å²) in [6, 6.07) is 25.9. The fraction of sp³-hybridized carbons (Fsp3) is 0.188. The number of phenolic OH excluding ortho intramolecular Hbond substituents is 1. The molecule has 0 atom stereocenters. The maximum absolute atomic E-state index is 10.8. The van der Waals surface area contributed by atoms with Gasteiger partial charge in [-0.2, -0.15) is 6.07 Å². The molecule has 1 N–H and O–H groups in total. The first kappa shape index (κ1) is 25.9. The minimum atomic E-state index is 0. The fourth-order valence-corrected chi connectivity index (χ4v) is 5.04. The van der Waals surface area contributed by atoms with Gasteiger partial charge in [0.25, 0.3) is 0 Å². The molecule has 3 aromatic heterocycles. The number of hydrogen-bond acceptors (Lipinski definition) is 4. The number of ether oxygens (including phenoxy) is 1. The second-order valence-corrected chi connectivity index (χ2v) is 9.21. The summed E-state index contributed by atoms with van der Waals surface area (Å²) in [7, 11) is 0. The van der Waals surface area contributed by atoms with E-state index in [9.17, 15) is 5.11 Å². The summed E-state index contributed by atoms with van der Waals surface area (Å²) >= 11 is 0. The Morgan fingerprint density at radius 2 is 1.63 bits per heavy atom. The van der Waals surface area contributed by atoms with E-state index in [1.165, 1.54) is 5.56 Å². The van der Waals surface area contributed by atoms with E-state index in [-0.39, 0.29) is 26.8 Å². The van der Waals surface area contributed by atoms with Crippen molar-refractivity contribution in [2.75, 3.05) is 0 Å². The minimum absolute atomic E-state index is 0. The van der Waals surface area contributed by atoms with E-state index >= 15 is 0 Å². The van der Waals surface area contributed by atoms with E-state index in [0.29, 0.717) is 17.1 Å². The zero-order valence-corrected chi connectivity index (χ0v) is 23.8. The molecule has 0 saturated heterocycles. The Kier molecular flexibility index (Phi) is 7.23. The zero-order valence-electron chi connectivity index (χ0n) is 21.6. The van der Waals surface area contributed by atoms with Crippen LogP contribution >= 0.6 is 0 Å². The molecule has 3 heterocycles. The standard InChI is InChI=1S/C32H28N3O2.Pt/c1-4-20-11-16-29(33-19-20)35-27-10-8-7-9-25(27)26-15-13-23(18-28(26)35)37-30-17-22(6-3)24-14-12-21(5-2)32(36)31(24)34-30;/h7-17,19,36H,4-6H2,1-3H3;/q-1;. The van der Waals surface area contributed by atoms with Crippen LogP contribution in [0.25, 0.3) is 38.5 Å². The molecule has 6 rings (SSSR count). The van der Waals surface area contributed by atoms with Crippen molar-refractivity contribution >= 4 is 32.7 Å². The van der Waals surface area contributed by atoms with Gasteiger partial charge in [-0.15, -0.1) is 17.5 Å². The third-order valence-electron chi connectivity index (χ3n) is 7.08. The first-order chi connectivity index (χ1) is 18.1. The van der Waals surface area contributed by atoms with Crippen LogP contribution in [0, 0.1) is 6.07 Å². The molecule has 0 aliphatic carbocycles. The summed E-state index contributed by atoms with van der Waals surface area (Å²) < 4.78 is 8.40. The summed E-state index contributed by atoms with van der Waals surface area (Å²) in [6.45, 7) is 6.24. The maximum Gasteiger partial charge on any atom is 0.217 e. The number of benzene rings is 3. The van der Waals surface area contributed by atoms with Gasteiger partial charge in [-0.25, -0.2) is 9.97 Å². The van der Waals surface area contributed by atoms with Crippen LogP contribution in [0.15, 0.2) is 72.9 Å². The first-order valence-electron chi connectivity index (χ1n) is 12.8. The normalized spacial score (nSPS) is 11.2. The van der Waals surface area contributed by atoms with Crippen molar-refractivity contribution < 1.29 is 30.9 Å². The maximum atomic E-state index is 10.8. The number of rotatable bonds is 6. The third-order valence-corrected chi connectivity index (χ3v) is 7.08. The van der Waals surface area contributed by atoms with Gasteiger partial charge in [-0.05, 0) is 53.5 Å². The van der Waals surface area contributed by atoms with Crippen LogP contribution in [0.1, 0.15) is 37.5 Å². The molecule has 38 heavy (non-hydrogen) atoms. The summed E-state index contributed by atoms with van der Waals surface area (Å²) in [5.74, 6) is 2.06. The molecule has 0 aliphatic heterocycles. The summed E-state index contributed by atoms with van der Waals surface area (Å²) in [5, 5.41) is 14.0. The van der Waals surface area contributed by atoms with E-state index in [0.717, 1.165) is 63.4 Å². The molecular weight excluding hydrogens is 653 g/mol. The van der Waals surface area contributed by atoms with Crippen LogP contribution in [0.2, 0.25) is 0 Å². The van der Waals surface area contributed by atoms with Crippen molar-refractivity contribution in [3.8, 4) is 23.2 Å². The Labute approximate surface area is 236 Å². The van der Waals surface area contributed by atoms with Gasteiger partial charge in [0.05, 0.1) is 0 Å². The topological polar surface area (TPSA) is 60.2 Å². The van der Waals surface area contributed by atoms with Gasteiger partial charge < -0.3 is 14.4 Å². The van der Waals surface area contributed by atoms with Crippen molar-refractivity contribution in [3.63, 3.8) is 0 Å². The Hall–Kier alpha value is -3.69. The quantitative estimate of drug-likeness (QED) is 0.183. The average Bonchev–Trinajstić information content (AvgIpc) is 3.26. The molecule has 0 bridgehead atoms. The van der Waals surface area contributed by atoms with Gasteiger partial charge in [0.2, 0.25) is 5.88 Å². The Bertz CT molecular complexity index is 1770. The van der Waals surface area contributed by atoms with Crippen molar-refractivity contribution in [2.45, 2.75) is 40.0 Å². The van der Waals surface area contributed by atoms with E-state index in [1.54, 1.807) is 0 Å². The van der Waals surface area contributed by atoms with E-state index in [4.69, 9.17) is 14.7 Å². The molecule has 5 nitrogen and oxygen atoms in total. The Balaban J connectivity index is 0.00000294. The summed E-state index contributed by atoms with van der Waals surface area (Å²) in [6.07, 6.45) is 4.41. The molecule has 0 fully saturated rings.